The normalized spacial score (nSPS) is 15.6. The van der Waals surface area contributed by atoms with Gasteiger partial charge in [0.15, 0.2) is 0 Å². The van der Waals surface area contributed by atoms with Crippen LogP contribution in [0.3, 0.4) is 0 Å². The SMILES string of the molecule is [c]1cc2n(n1)C=CSC2. The third-order valence-electron chi connectivity index (χ3n) is 1.22. The predicted octanol–water partition coefficient (Wildman–Crippen LogP) is 1.36. The molecule has 1 radical (unpaired) electrons. The van der Waals surface area contributed by atoms with Crippen LogP contribution in [0, 0.1) is 6.20 Å². The van der Waals surface area contributed by atoms with E-state index in [4.69, 9.17) is 0 Å². The van der Waals surface area contributed by atoms with Crippen LogP contribution in [-0.4, -0.2) is 9.78 Å². The molecule has 0 saturated carbocycles. The second kappa shape index (κ2) is 1.92. The molecular formula is C6H5N2S. The highest BCUT2D eigenvalue weighted by molar-refractivity contribution is 8.01. The molecule has 0 amide bonds. The van der Waals surface area contributed by atoms with Gasteiger partial charge in [-0.3, -0.25) is 0 Å². The average Bonchev–Trinajstić information content (AvgIpc) is 2.33. The largest absolute Gasteiger partial charge is 0.243 e. The van der Waals surface area contributed by atoms with Gasteiger partial charge in [0.1, 0.15) is 6.20 Å². The summed E-state index contributed by atoms with van der Waals surface area (Å²) in [5, 5.41) is 5.98. The lowest BCUT2D eigenvalue weighted by Crippen LogP contribution is -1.96. The van der Waals surface area contributed by atoms with E-state index < -0.39 is 0 Å². The Kier molecular flexibility index (Phi) is 1.09. The van der Waals surface area contributed by atoms with E-state index in [2.05, 4.69) is 11.3 Å². The summed E-state index contributed by atoms with van der Waals surface area (Å²) >= 11 is 1.78. The molecule has 2 nitrogen and oxygen atoms in total. The second-order valence-electron chi connectivity index (χ2n) is 1.81. The maximum atomic E-state index is 3.95. The Morgan fingerprint density at radius 1 is 1.78 bits per heavy atom. The molecular weight excluding hydrogens is 132 g/mol. The molecule has 1 aliphatic heterocycles. The van der Waals surface area contributed by atoms with Crippen molar-refractivity contribution in [2.24, 2.45) is 0 Å². The summed E-state index contributed by atoms with van der Waals surface area (Å²) in [5.41, 5.74) is 1.22. The highest BCUT2D eigenvalue weighted by atomic mass is 32.2. The number of hydrogen-bond donors (Lipinski definition) is 0. The van der Waals surface area contributed by atoms with Crippen LogP contribution in [0.1, 0.15) is 5.69 Å². The van der Waals surface area contributed by atoms with Gasteiger partial charge in [-0.05, 0) is 11.5 Å². The molecule has 0 saturated heterocycles. The Bertz CT molecular complexity index is 239. The molecule has 3 heteroatoms. The highest BCUT2D eigenvalue weighted by Gasteiger charge is 2.01. The van der Waals surface area contributed by atoms with Crippen molar-refractivity contribution in [1.82, 2.24) is 9.78 Å². The van der Waals surface area contributed by atoms with Crippen molar-refractivity contribution < 1.29 is 0 Å². The van der Waals surface area contributed by atoms with Gasteiger partial charge in [0.25, 0.3) is 0 Å². The Hall–Kier alpha value is -0.700. The van der Waals surface area contributed by atoms with Gasteiger partial charge in [-0.25, -0.2) is 4.68 Å². The quantitative estimate of drug-likeness (QED) is 0.537. The number of aromatic nitrogens is 2. The minimum atomic E-state index is 1.02. The van der Waals surface area contributed by atoms with Crippen molar-refractivity contribution in [1.29, 1.82) is 0 Å². The van der Waals surface area contributed by atoms with Crippen LogP contribution in [-0.2, 0) is 5.75 Å². The summed E-state index contributed by atoms with van der Waals surface area (Å²) in [4.78, 5) is 0. The van der Waals surface area contributed by atoms with Crippen LogP contribution in [0.25, 0.3) is 6.20 Å². The smallest absolute Gasteiger partial charge is 0.113 e. The summed E-state index contributed by atoms with van der Waals surface area (Å²) in [7, 11) is 0. The van der Waals surface area contributed by atoms with Crippen LogP contribution in [0.2, 0.25) is 0 Å². The minimum absolute atomic E-state index is 1.02. The van der Waals surface area contributed by atoms with E-state index in [0.717, 1.165) is 5.75 Å². The van der Waals surface area contributed by atoms with Gasteiger partial charge in [-0.15, -0.1) is 11.8 Å². The standard InChI is InChI=1S/C6H5N2S/c1-2-7-8-3-4-9-5-6(1)8/h1,3-4H,5H2. The lowest BCUT2D eigenvalue weighted by molar-refractivity contribution is 0.886. The van der Waals surface area contributed by atoms with Gasteiger partial charge in [-0.1, -0.05) is 0 Å². The lowest BCUT2D eigenvalue weighted by Gasteiger charge is -2.03. The Morgan fingerprint density at radius 3 is 3.67 bits per heavy atom. The molecule has 0 N–H and O–H groups in total. The summed E-state index contributed by atoms with van der Waals surface area (Å²) < 4.78 is 1.84. The molecule has 0 unspecified atom stereocenters. The molecule has 0 atom stereocenters. The number of hydrogen-bond acceptors (Lipinski definition) is 2. The number of nitrogens with zero attached hydrogens (tertiary/aromatic N) is 2. The maximum absolute atomic E-state index is 3.95. The number of fused-ring (bicyclic) bond motifs is 1. The van der Waals surface area contributed by atoms with E-state index in [1.807, 2.05) is 22.4 Å². The molecule has 0 spiro atoms. The zero-order chi connectivity index (χ0) is 6.10. The van der Waals surface area contributed by atoms with Crippen molar-refractivity contribution in [2.45, 2.75) is 5.75 Å². The number of rotatable bonds is 0. The first-order valence-electron chi connectivity index (χ1n) is 2.69. The summed E-state index contributed by atoms with van der Waals surface area (Å²) in [6.07, 6.45) is 4.73. The topological polar surface area (TPSA) is 17.8 Å². The summed E-state index contributed by atoms with van der Waals surface area (Å²) in [5.74, 6) is 1.02. The Balaban J connectivity index is 2.53. The minimum Gasteiger partial charge on any atom is -0.243 e. The van der Waals surface area contributed by atoms with Crippen molar-refractivity contribution in [3.8, 4) is 0 Å². The van der Waals surface area contributed by atoms with Gasteiger partial charge >= 0.3 is 0 Å². The molecule has 0 aliphatic carbocycles. The zero-order valence-electron chi connectivity index (χ0n) is 4.74. The van der Waals surface area contributed by atoms with E-state index in [-0.39, 0.29) is 0 Å². The van der Waals surface area contributed by atoms with Crippen LogP contribution in [0.5, 0.6) is 0 Å². The first-order chi connectivity index (χ1) is 4.47. The molecule has 45 valence electrons. The van der Waals surface area contributed by atoms with Gasteiger partial charge in [0.2, 0.25) is 0 Å². The van der Waals surface area contributed by atoms with Crippen LogP contribution >= 0.6 is 11.8 Å². The van der Waals surface area contributed by atoms with Gasteiger partial charge in [0.05, 0.1) is 5.69 Å². The van der Waals surface area contributed by atoms with E-state index in [9.17, 15) is 0 Å². The molecule has 1 aromatic heterocycles. The fraction of sp³-hybridized carbons (Fsp3) is 0.167. The fourth-order valence-corrected chi connectivity index (χ4v) is 1.45. The average molecular weight is 137 g/mol. The van der Waals surface area contributed by atoms with Gasteiger partial charge < -0.3 is 0 Å². The second-order valence-corrected chi connectivity index (χ2v) is 2.70. The monoisotopic (exact) mass is 137 g/mol. The van der Waals surface area contributed by atoms with E-state index in [1.165, 1.54) is 5.69 Å². The number of thioether (sulfide) groups is 1. The molecule has 0 aromatic carbocycles. The molecule has 0 fully saturated rings. The maximum Gasteiger partial charge on any atom is 0.113 e. The Labute approximate surface area is 57.6 Å². The first kappa shape index (κ1) is 5.11. The van der Waals surface area contributed by atoms with Crippen LogP contribution < -0.4 is 0 Å². The van der Waals surface area contributed by atoms with Crippen molar-refractivity contribution in [3.63, 3.8) is 0 Å². The molecule has 2 rings (SSSR count). The van der Waals surface area contributed by atoms with E-state index >= 15 is 0 Å². The van der Waals surface area contributed by atoms with Crippen LogP contribution in [0.15, 0.2) is 11.5 Å². The molecule has 1 aromatic rings. The third-order valence-corrected chi connectivity index (χ3v) is 2.00. The fourth-order valence-electron chi connectivity index (χ4n) is 0.767. The van der Waals surface area contributed by atoms with Gasteiger partial charge in [0, 0.05) is 12.0 Å². The van der Waals surface area contributed by atoms with Crippen molar-refractivity contribution >= 4 is 18.0 Å². The highest BCUT2D eigenvalue weighted by Crippen LogP contribution is 2.17. The summed E-state index contributed by atoms with van der Waals surface area (Å²) in [6.45, 7) is 0. The molecule has 2 heterocycles. The molecule has 9 heavy (non-hydrogen) atoms. The van der Waals surface area contributed by atoms with Crippen LogP contribution in [0.4, 0.5) is 0 Å². The van der Waals surface area contributed by atoms with Crippen molar-refractivity contribution in [2.75, 3.05) is 0 Å². The third kappa shape index (κ3) is 0.772. The Morgan fingerprint density at radius 2 is 2.78 bits per heavy atom. The van der Waals surface area contributed by atoms with E-state index in [0.29, 0.717) is 0 Å². The van der Waals surface area contributed by atoms with Crippen molar-refractivity contribution in [3.05, 3.63) is 23.4 Å². The lowest BCUT2D eigenvalue weighted by atomic mass is 10.5. The van der Waals surface area contributed by atoms with E-state index in [1.54, 1.807) is 11.8 Å². The van der Waals surface area contributed by atoms with Gasteiger partial charge in [-0.2, -0.15) is 5.10 Å². The first-order valence-corrected chi connectivity index (χ1v) is 3.74. The zero-order valence-corrected chi connectivity index (χ0v) is 5.56. The summed E-state index contributed by atoms with van der Waals surface area (Å²) in [6, 6.07) is 1.91. The molecule has 1 aliphatic rings. The molecule has 0 bridgehead atoms. The predicted molar refractivity (Wildman–Crippen MR) is 37.7 cm³/mol.